The van der Waals surface area contributed by atoms with Crippen LogP contribution in [0.4, 0.5) is 5.69 Å². The Morgan fingerprint density at radius 3 is 2.41 bits per heavy atom. The van der Waals surface area contributed by atoms with E-state index in [0.717, 1.165) is 28.1 Å². The smallest absolute Gasteiger partial charge is 0.276 e. The molecule has 3 aromatic carbocycles. The summed E-state index contributed by atoms with van der Waals surface area (Å²) in [5, 5.41) is 0.597. The molecule has 2 heterocycles. The van der Waals surface area contributed by atoms with Crippen LogP contribution < -0.4 is 4.90 Å². The van der Waals surface area contributed by atoms with E-state index in [0.29, 0.717) is 23.1 Å². The molecule has 0 bridgehead atoms. The molecule has 0 aromatic heterocycles. The number of nitrogens with zero attached hydrogens (tertiary/aromatic N) is 3. The Morgan fingerprint density at radius 2 is 1.66 bits per heavy atom. The van der Waals surface area contributed by atoms with Crippen molar-refractivity contribution >= 4 is 40.8 Å². The zero-order valence-corrected chi connectivity index (χ0v) is 16.2. The Bertz CT molecular complexity index is 1200. The van der Waals surface area contributed by atoms with E-state index in [1.54, 1.807) is 17.0 Å². The van der Waals surface area contributed by atoms with Gasteiger partial charge in [0.05, 0.1) is 17.9 Å². The minimum atomic E-state index is -0.156. The predicted octanol–water partition coefficient (Wildman–Crippen LogP) is 4.98. The summed E-state index contributed by atoms with van der Waals surface area (Å²) in [7, 11) is 0. The predicted molar refractivity (Wildman–Crippen MR) is 118 cm³/mol. The van der Waals surface area contributed by atoms with Gasteiger partial charge < -0.3 is 0 Å². The first-order valence-electron chi connectivity index (χ1n) is 9.29. The highest BCUT2D eigenvalue weighted by molar-refractivity contribution is 6.35. The van der Waals surface area contributed by atoms with E-state index in [2.05, 4.69) is 4.99 Å². The lowest BCUT2D eigenvalue weighted by Gasteiger charge is -2.19. The topological polar surface area (TPSA) is 45.0 Å². The van der Waals surface area contributed by atoms with Crippen molar-refractivity contribution < 1.29 is 4.79 Å². The summed E-state index contributed by atoms with van der Waals surface area (Å²) in [4.78, 5) is 24.3. The highest BCUT2D eigenvalue weighted by Gasteiger charge is 2.35. The third-order valence-corrected chi connectivity index (χ3v) is 5.15. The number of carbonyl (C=O) groups is 1. The van der Waals surface area contributed by atoms with Crippen LogP contribution in [0, 0.1) is 0 Å². The van der Waals surface area contributed by atoms with Gasteiger partial charge in [0.25, 0.3) is 5.91 Å². The van der Waals surface area contributed by atoms with Gasteiger partial charge in [0.15, 0.2) is 0 Å². The average molecular weight is 398 g/mol. The first kappa shape index (κ1) is 17.6. The molecule has 0 saturated carbocycles. The van der Waals surface area contributed by atoms with Gasteiger partial charge >= 0.3 is 0 Å². The second kappa shape index (κ2) is 7.15. The Kier molecular flexibility index (Phi) is 4.34. The second-order valence-electron chi connectivity index (χ2n) is 6.80. The van der Waals surface area contributed by atoms with Gasteiger partial charge in [-0.1, -0.05) is 72.3 Å². The number of amidine groups is 1. The van der Waals surface area contributed by atoms with Gasteiger partial charge in [0.2, 0.25) is 0 Å². The van der Waals surface area contributed by atoms with Crippen molar-refractivity contribution in [1.82, 2.24) is 0 Å². The number of fused-ring (bicyclic) bond motifs is 3. The molecule has 140 valence electrons. The van der Waals surface area contributed by atoms with E-state index in [9.17, 15) is 4.79 Å². The number of halogens is 1. The summed E-state index contributed by atoms with van der Waals surface area (Å²) < 4.78 is 0. The fraction of sp³-hybridized carbons (Fsp3) is 0.0417. The highest BCUT2D eigenvalue weighted by Crippen LogP contribution is 2.33. The standard InChI is InChI=1S/C24H16ClN3O/c25-18-11-12-21-19(14-18)23(17-9-5-2-6-10-17)26-15-22-27-20(24(29)28(21)22)13-16-7-3-1-4-8-16/h1-14H,15H2/b20-13-. The molecule has 0 N–H and O–H groups in total. The third-order valence-electron chi connectivity index (χ3n) is 4.91. The van der Waals surface area contributed by atoms with E-state index in [1.165, 1.54) is 0 Å². The lowest BCUT2D eigenvalue weighted by molar-refractivity contribution is -0.113. The third kappa shape index (κ3) is 3.18. The number of amides is 1. The SMILES string of the molecule is O=C1/C(=C/c2ccccc2)N=C2CN=C(c3ccccc3)c3cc(Cl)ccc3N12. The van der Waals surface area contributed by atoms with Gasteiger partial charge in [0, 0.05) is 16.1 Å². The molecular formula is C24H16ClN3O. The van der Waals surface area contributed by atoms with E-state index >= 15 is 0 Å². The summed E-state index contributed by atoms with van der Waals surface area (Å²) in [6.45, 7) is 0.314. The van der Waals surface area contributed by atoms with Gasteiger partial charge in [-0.05, 0) is 29.8 Å². The summed E-state index contributed by atoms with van der Waals surface area (Å²) in [5.41, 5.74) is 4.69. The van der Waals surface area contributed by atoms with Gasteiger partial charge in [0.1, 0.15) is 11.5 Å². The summed E-state index contributed by atoms with van der Waals surface area (Å²) in [6.07, 6.45) is 1.81. The fourth-order valence-corrected chi connectivity index (χ4v) is 3.77. The Morgan fingerprint density at radius 1 is 0.931 bits per heavy atom. The molecule has 5 heteroatoms. The maximum absolute atomic E-state index is 13.2. The zero-order chi connectivity index (χ0) is 19.8. The molecule has 0 spiro atoms. The first-order chi connectivity index (χ1) is 14.2. The van der Waals surface area contributed by atoms with E-state index in [4.69, 9.17) is 16.6 Å². The van der Waals surface area contributed by atoms with Crippen molar-refractivity contribution in [1.29, 1.82) is 0 Å². The van der Waals surface area contributed by atoms with E-state index in [1.807, 2.05) is 72.8 Å². The van der Waals surface area contributed by atoms with Gasteiger partial charge in [-0.3, -0.25) is 14.7 Å². The molecule has 1 amide bonds. The lowest BCUT2D eigenvalue weighted by atomic mass is 10.00. The molecule has 0 aliphatic carbocycles. The summed E-state index contributed by atoms with van der Waals surface area (Å²) >= 11 is 6.30. The molecule has 0 atom stereocenters. The molecule has 0 fully saturated rings. The van der Waals surface area contributed by atoms with Crippen LogP contribution >= 0.6 is 11.6 Å². The van der Waals surface area contributed by atoms with Crippen LogP contribution in [-0.2, 0) is 4.79 Å². The maximum Gasteiger partial charge on any atom is 0.282 e. The van der Waals surface area contributed by atoms with Crippen LogP contribution in [0.1, 0.15) is 16.7 Å². The maximum atomic E-state index is 13.2. The molecule has 2 aliphatic rings. The lowest BCUT2D eigenvalue weighted by Crippen LogP contribution is -2.33. The molecule has 0 unspecified atom stereocenters. The van der Waals surface area contributed by atoms with Crippen LogP contribution in [0.25, 0.3) is 6.08 Å². The molecule has 4 nitrogen and oxygen atoms in total. The van der Waals surface area contributed by atoms with Crippen LogP contribution in [0.3, 0.4) is 0 Å². The summed E-state index contributed by atoms with van der Waals surface area (Å²) in [6, 6.07) is 25.1. The van der Waals surface area contributed by atoms with E-state index < -0.39 is 0 Å². The van der Waals surface area contributed by atoms with Crippen LogP contribution in [-0.4, -0.2) is 24.0 Å². The molecular weight excluding hydrogens is 382 g/mol. The largest absolute Gasteiger partial charge is 0.282 e. The molecule has 29 heavy (non-hydrogen) atoms. The number of hydrogen-bond donors (Lipinski definition) is 0. The van der Waals surface area contributed by atoms with E-state index in [-0.39, 0.29) is 5.91 Å². The second-order valence-corrected chi connectivity index (χ2v) is 7.24. The van der Waals surface area contributed by atoms with Crippen LogP contribution in [0.15, 0.2) is 94.5 Å². The van der Waals surface area contributed by atoms with Crippen molar-refractivity contribution in [3.05, 3.63) is 106 Å². The van der Waals surface area contributed by atoms with Crippen molar-refractivity contribution in [2.75, 3.05) is 11.4 Å². The van der Waals surface area contributed by atoms with Crippen molar-refractivity contribution in [2.45, 2.75) is 0 Å². The number of rotatable bonds is 2. The Labute approximate surface area is 173 Å². The van der Waals surface area contributed by atoms with Gasteiger partial charge in [-0.15, -0.1) is 0 Å². The average Bonchev–Trinajstić information content (AvgIpc) is 2.96. The molecule has 2 aliphatic heterocycles. The van der Waals surface area contributed by atoms with Gasteiger partial charge in [-0.2, -0.15) is 0 Å². The summed E-state index contributed by atoms with van der Waals surface area (Å²) in [5.74, 6) is 0.462. The number of anilines is 1. The first-order valence-corrected chi connectivity index (χ1v) is 9.67. The van der Waals surface area contributed by atoms with Crippen molar-refractivity contribution in [2.24, 2.45) is 9.98 Å². The number of carbonyl (C=O) groups excluding carboxylic acids is 1. The normalized spacial score (nSPS) is 16.8. The number of aliphatic imine (C=N–C) groups is 2. The van der Waals surface area contributed by atoms with Gasteiger partial charge in [-0.25, -0.2) is 4.99 Å². The Hall–Kier alpha value is -3.50. The quantitative estimate of drug-likeness (QED) is 0.562. The zero-order valence-electron chi connectivity index (χ0n) is 15.4. The highest BCUT2D eigenvalue weighted by atomic mass is 35.5. The monoisotopic (exact) mass is 397 g/mol. The molecule has 0 radical (unpaired) electrons. The molecule has 5 rings (SSSR count). The fourth-order valence-electron chi connectivity index (χ4n) is 3.59. The number of hydrogen-bond acceptors (Lipinski definition) is 3. The molecule has 0 saturated heterocycles. The van der Waals surface area contributed by atoms with Crippen molar-refractivity contribution in [3.8, 4) is 0 Å². The minimum Gasteiger partial charge on any atom is -0.276 e. The Balaban J connectivity index is 1.65. The molecule has 3 aromatic rings. The van der Waals surface area contributed by atoms with Crippen molar-refractivity contribution in [3.63, 3.8) is 0 Å². The minimum absolute atomic E-state index is 0.156. The van der Waals surface area contributed by atoms with Crippen LogP contribution in [0.5, 0.6) is 0 Å². The number of benzene rings is 3. The van der Waals surface area contributed by atoms with Crippen LogP contribution in [0.2, 0.25) is 5.02 Å².